The van der Waals surface area contributed by atoms with Gasteiger partial charge >= 0.3 is 12.7 Å². The van der Waals surface area contributed by atoms with Crippen LogP contribution in [0.5, 0.6) is 5.75 Å². The molecule has 1 atom stereocenters. The number of aromatic nitrogens is 2. The van der Waals surface area contributed by atoms with Crippen LogP contribution in [-0.4, -0.2) is 53.5 Å². The van der Waals surface area contributed by atoms with Gasteiger partial charge in [0.15, 0.2) is 9.84 Å². The Kier molecular flexibility index (Phi) is 6.06. The van der Waals surface area contributed by atoms with Gasteiger partial charge < -0.3 is 14.4 Å². The lowest BCUT2D eigenvalue weighted by atomic mass is 10.0. The number of hydrogen-bond acceptors (Lipinski definition) is 5. The Morgan fingerprint density at radius 3 is 2.49 bits per heavy atom. The van der Waals surface area contributed by atoms with Crippen molar-refractivity contribution in [2.75, 3.05) is 12.8 Å². The highest BCUT2D eigenvalue weighted by molar-refractivity contribution is 7.90. The fourth-order valence-corrected chi connectivity index (χ4v) is 5.23. The Morgan fingerprint density at radius 1 is 1.14 bits per heavy atom. The maximum Gasteiger partial charge on any atom is 0.407 e. The Bertz CT molecular complexity index is 1620. The predicted molar refractivity (Wildman–Crippen MR) is 128 cm³/mol. The van der Waals surface area contributed by atoms with Gasteiger partial charge in [-0.25, -0.2) is 22.6 Å². The molecule has 1 aliphatic heterocycles. The van der Waals surface area contributed by atoms with Gasteiger partial charge in [0, 0.05) is 30.0 Å². The predicted octanol–water partition coefficient (Wildman–Crippen LogP) is 4.93. The number of imidazole rings is 1. The van der Waals surface area contributed by atoms with Gasteiger partial charge in [0.1, 0.15) is 17.4 Å². The van der Waals surface area contributed by atoms with E-state index in [0.29, 0.717) is 22.5 Å². The molecule has 0 saturated carbocycles. The van der Waals surface area contributed by atoms with Gasteiger partial charge in [-0.1, -0.05) is 30.3 Å². The van der Waals surface area contributed by atoms with Crippen molar-refractivity contribution in [2.24, 2.45) is 0 Å². The second-order valence-electron chi connectivity index (χ2n) is 8.61. The third-order valence-electron chi connectivity index (χ3n) is 6.25. The molecule has 4 aromatic rings. The number of para-hydroxylation sites is 1. The first kappa shape index (κ1) is 24.6. The third-order valence-corrected chi connectivity index (χ3v) is 7.38. The smallest absolute Gasteiger partial charge is 0.407 e. The number of carbonyl (C=O) groups is 1. The van der Waals surface area contributed by atoms with E-state index in [2.05, 4.69) is 4.98 Å². The number of benzene rings is 3. The molecule has 0 fully saturated rings. The molecule has 0 bridgehead atoms. The maximum absolute atomic E-state index is 15.2. The molecular weight excluding hydrogens is 511 g/mol. The first-order chi connectivity index (χ1) is 17.5. The number of sulfone groups is 1. The van der Waals surface area contributed by atoms with Crippen LogP contribution in [0.2, 0.25) is 0 Å². The minimum absolute atomic E-state index is 0.0762. The van der Waals surface area contributed by atoms with Gasteiger partial charge in [0.25, 0.3) is 0 Å². The molecule has 8 nitrogen and oxygen atoms in total. The van der Waals surface area contributed by atoms with E-state index in [1.807, 2.05) is 0 Å². The number of halogens is 3. The van der Waals surface area contributed by atoms with Crippen molar-refractivity contribution < 1.29 is 36.2 Å². The summed E-state index contributed by atoms with van der Waals surface area (Å²) >= 11 is 0. The zero-order valence-electron chi connectivity index (χ0n) is 19.3. The zero-order chi connectivity index (χ0) is 26.5. The number of amides is 1. The normalized spacial score (nSPS) is 15.7. The number of alkyl halides is 2. The number of hydrogen-bond donors (Lipinski definition) is 1. The van der Waals surface area contributed by atoms with Gasteiger partial charge in [-0.2, -0.15) is 8.78 Å². The van der Waals surface area contributed by atoms with Crippen molar-refractivity contribution in [1.29, 1.82) is 0 Å². The van der Waals surface area contributed by atoms with Crippen molar-refractivity contribution >= 4 is 27.0 Å². The second kappa shape index (κ2) is 9.11. The van der Waals surface area contributed by atoms with Crippen molar-refractivity contribution in [3.05, 3.63) is 77.9 Å². The van der Waals surface area contributed by atoms with E-state index >= 15 is 4.39 Å². The maximum atomic E-state index is 15.2. The van der Waals surface area contributed by atoms with E-state index in [-0.39, 0.29) is 34.8 Å². The monoisotopic (exact) mass is 531 g/mol. The van der Waals surface area contributed by atoms with Gasteiger partial charge in [0.2, 0.25) is 0 Å². The lowest BCUT2D eigenvalue weighted by molar-refractivity contribution is -0.0508. The van der Waals surface area contributed by atoms with Crippen molar-refractivity contribution in [1.82, 2.24) is 14.5 Å². The fraction of sp³-hybridized carbons (Fsp3) is 0.200. The number of fused-ring (bicyclic) bond motifs is 3. The summed E-state index contributed by atoms with van der Waals surface area (Å²) in [6.07, 6.45) is -0.142. The molecule has 1 unspecified atom stereocenters. The first-order valence-corrected chi connectivity index (χ1v) is 12.9. The summed E-state index contributed by atoms with van der Waals surface area (Å²) in [6.45, 7) is -3.25. The summed E-state index contributed by atoms with van der Waals surface area (Å²) in [7, 11) is -3.44. The molecule has 192 valence electrons. The lowest BCUT2D eigenvalue weighted by Crippen LogP contribution is -2.41. The molecule has 12 heteroatoms. The van der Waals surface area contributed by atoms with Gasteiger partial charge in [0.05, 0.1) is 28.5 Å². The highest BCUT2D eigenvalue weighted by Crippen LogP contribution is 2.38. The van der Waals surface area contributed by atoms with Crippen LogP contribution in [0.4, 0.5) is 18.0 Å². The molecule has 0 radical (unpaired) electrons. The molecule has 1 aromatic heterocycles. The molecule has 0 spiro atoms. The van der Waals surface area contributed by atoms with Crippen LogP contribution in [0.3, 0.4) is 0 Å². The molecule has 1 N–H and O–H groups in total. The quantitative estimate of drug-likeness (QED) is 0.392. The van der Waals surface area contributed by atoms with Crippen molar-refractivity contribution in [2.45, 2.75) is 24.1 Å². The summed E-state index contributed by atoms with van der Waals surface area (Å²) in [6, 6.07) is 13.8. The number of rotatable bonds is 5. The van der Waals surface area contributed by atoms with Crippen LogP contribution in [-0.2, 0) is 16.4 Å². The van der Waals surface area contributed by atoms with E-state index in [0.717, 1.165) is 11.2 Å². The van der Waals surface area contributed by atoms with E-state index in [1.165, 1.54) is 48.5 Å². The van der Waals surface area contributed by atoms with Crippen LogP contribution < -0.4 is 4.74 Å². The highest BCUT2D eigenvalue weighted by atomic mass is 32.2. The van der Waals surface area contributed by atoms with Crippen molar-refractivity contribution in [3.63, 3.8) is 0 Å². The third kappa shape index (κ3) is 4.59. The summed E-state index contributed by atoms with van der Waals surface area (Å²) in [5, 5.41) is 9.67. The molecule has 3 aromatic carbocycles. The Hall–Kier alpha value is -4.06. The van der Waals surface area contributed by atoms with Gasteiger partial charge in [-0.3, -0.25) is 4.90 Å². The largest absolute Gasteiger partial charge is 0.465 e. The molecule has 0 aliphatic carbocycles. The Morgan fingerprint density at radius 2 is 1.84 bits per heavy atom. The summed E-state index contributed by atoms with van der Waals surface area (Å²) in [5.74, 6) is -0.408. The van der Waals surface area contributed by atoms with E-state index in [1.54, 1.807) is 16.7 Å². The summed E-state index contributed by atoms with van der Waals surface area (Å²) < 4.78 is 71.4. The van der Waals surface area contributed by atoms with Crippen molar-refractivity contribution in [3.8, 4) is 16.9 Å². The van der Waals surface area contributed by atoms with E-state index in [4.69, 9.17) is 4.74 Å². The second-order valence-corrected chi connectivity index (χ2v) is 10.6. The molecule has 2 heterocycles. The Balaban J connectivity index is 1.69. The summed E-state index contributed by atoms with van der Waals surface area (Å²) in [5.41, 5.74) is 1.63. The van der Waals surface area contributed by atoms with E-state index in [9.17, 15) is 27.1 Å². The Labute approximate surface area is 209 Å². The molecule has 5 rings (SSSR count). The van der Waals surface area contributed by atoms with Gasteiger partial charge in [-0.15, -0.1) is 0 Å². The first-order valence-electron chi connectivity index (χ1n) is 11.1. The van der Waals surface area contributed by atoms with Crippen LogP contribution in [0.1, 0.15) is 17.4 Å². The fourth-order valence-electron chi connectivity index (χ4n) is 4.60. The number of nitrogens with zero attached hydrogens (tertiary/aromatic N) is 3. The van der Waals surface area contributed by atoms with E-state index < -0.39 is 34.4 Å². The molecule has 37 heavy (non-hydrogen) atoms. The van der Waals surface area contributed by atoms with Crippen LogP contribution >= 0.6 is 0 Å². The minimum Gasteiger partial charge on any atom is -0.465 e. The number of ether oxygens (including phenoxy) is 1. The average molecular weight is 532 g/mol. The SMILES string of the molecule is CS(=O)(=O)c1ccc(-c2cc3c(cc2F)nc2n3C(c3ccccc3OC(F)F)CN(C(=O)O)C2)cc1. The summed E-state index contributed by atoms with van der Waals surface area (Å²) in [4.78, 5) is 17.5. The molecule has 1 amide bonds. The standard InChI is InChI=1S/C25H20F3N3O5S/c1-37(34,35)15-8-6-14(7-9-15)17-10-20-19(11-18(17)26)29-23-13-30(25(32)33)12-21(31(20)23)16-4-2-3-5-22(16)36-24(27)28/h2-11,21,24H,12-13H2,1H3,(H,32,33). The molecule has 1 aliphatic rings. The topological polar surface area (TPSA) is 102 Å². The highest BCUT2D eigenvalue weighted by Gasteiger charge is 2.34. The zero-order valence-corrected chi connectivity index (χ0v) is 20.1. The lowest BCUT2D eigenvalue weighted by Gasteiger charge is -2.34. The van der Waals surface area contributed by atoms with Crippen LogP contribution in [0.15, 0.2) is 65.6 Å². The van der Waals surface area contributed by atoms with Gasteiger partial charge in [-0.05, 0) is 29.8 Å². The average Bonchev–Trinajstić information content (AvgIpc) is 3.19. The molecular formula is C25H20F3N3O5S. The number of carboxylic acid groups (broad SMARTS) is 1. The van der Waals surface area contributed by atoms with Crippen LogP contribution in [0.25, 0.3) is 22.2 Å². The molecule has 0 saturated heterocycles. The minimum atomic E-state index is -3.44. The van der Waals surface area contributed by atoms with Crippen LogP contribution in [0, 0.1) is 5.82 Å².